The Kier molecular flexibility index (Phi) is 1.52. The Morgan fingerprint density at radius 1 is 1.43 bits per heavy atom. The molecule has 0 bridgehead atoms. The van der Waals surface area contributed by atoms with E-state index in [4.69, 9.17) is 11.6 Å². The molecule has 72 valence electrons. The summed E-state index contributed by atoms with van der Waals surface area (Å²) in [6.45, 7) is 2.27. The average Bonchev–Trinajstić information content (AvgIpc) is 2.74. The van der Waals surface area contributed by atoms with Gasteiger partial charge in [0.25, 0.3) is 0 Å². The highest BCUT2D eigenvalue weighted by atomic mass is 35.5. The molecule has 0 aromatic carbocycles. The number of halogens is 1. The average molecular weight is 208 g/mol. The van der Waals surface area contributed by atoms with Crippen LogP contribution >= 0.6 is 11.6 Å². The van der Waals surface area contributed by atoms with E-state index < -0.39 is 0 Å². The molecule has 2 heterocycles. The van der Waals surface area contributed by atoms with Crippen molar-refractivity contribution in [2.75, 3.05) is 0 Å². The molecule has 3 nitrogen and oxygen atoms in total. The fraction of sp³-hybridized carbons (Fsp3) is 0.500. The Labute approximate surface area is 87.3 Å². The predicted octanol–water partition coefficient (Wildman–Crippen LogP) is 2.38. The minimum atomic E-state index is 0.308. The fourth-order valence-electron chi connectivity index (χ4n) is 1.95. The van der Waals surface area contributed by atoms with Gasteiger partial charge in [-0.25, -0.2) is 15.0 Å². The summed E-state index contributed by atoms with van der Waals surface area (Å²) >= 11 is 5.94. The molecule has 0 aromatic heterocycles. The highest BCUT2D eigenvalue weighted by molar-refractivity contribution is 6.35. The van der Waals surface area contributed by atoms with Crippen LogP contribution in [-0.2, 0) is 0 Å². The number of hydrogen-bond donors (Lipinski definition) is 0. The van der Waals surface area contributed by atoms with Gasteiger partial charge in [0.2, 0.25) is 0 Å². The number of nitrogens with zero attached hydrogens (tertiary/aromatic N) is 3. The van der Waals surface area contributed by atoms with Crippen molar-refractivity contribution in [3.8, 4) is 0 Å². The molecule has 4 heteroatoms. The lowest BCUT2D eigenvalue weighted by atomic mass is 9.85. The van der Waals surface area contributed by atoms with Crippen molar-refractivity contribution in [2.24, 2.45) is 26.3 Å². The predicted molar refractivity (Wildman–Crippen MR) is 58.1 cm³/mol. The van der Waals surface area contributed by atoms with Gasteiger partial charge in [-0.05, 0) is 18.3 Å². The van der Waals surface area contributed by atoms with Crippen molar-refractivity contribution in [2.45, 2.75) is 19.8 Å². The second-order valence-corrected chi connectivity index (χ2v) is 4.67. The standard InChI is InChI=1S/C10H10ClN3/c1-10(2-3-10)6-4-12-9(11)8-7(6)13-5-14-8/h4-6H,2-3H2,1H3. The molecule has 0 amide bonds. The van der Waals surface area contributed by atoms with E-state index in [0.29, 0.717) is 16.5 Å². The van der Waals surface area contributed by atoms with Crippen molar-refractivity contribution in [1.29, 1.82) is 0 Å². The van der Waals surface area contributed by atoms with Crippen LogP contribution in [-0.4, -0.2) is 18.3 Å². The van der Waals surface area contributed by atoms with Gasteiger partial charge in [-0.3, -0.25) is 0 Å². The molecule has 0 radical (unpaired) electrons. The molecule has 14 heavy (non-hydrogen) atoms. The number of rotatable bonds is 1. The third-order valence-electron chi connectivity index (χ3n) is 3.24. The third kappa shape index (κ3) is 1.02. The summed E-state index contributed by atoms with van der Waals surface area (Å²) in [5.74, 6) is 0.308. The lowest BCUT2D eigenvalue weighted by molar-refractivity contribution is 0.533. The molecule has 0 saturated heterocycles. The number of aliphatic imine (C=N–C) groups is 3. The van der Waals surface area contributed by atoms with Gasteiger partial charge in [0.1, 0.15) is 12.0 Å². The highest BCUT2D eigenvalue weighted by Crippen LogP contribution is 2.53. The highest BCUT2D eigenvalue weighted by Gasteiger charge is 2.48. The maximum Gasteiger partial charge on any atom is 0.156 e. The first-order chi connectivity index (χ1) is 6.71. The van der Waals surface area contributed by atoms with Crippen LogP contribution in [0.15, 0.2) is 25.8 Å². The van der Waals surface area contributed by atoms with Crippen molar-refractivity contribution < 1.29 is 0 Å². The minimum absolute atomic E-state index is 0.308. The zero-order chi connectivity index (χ0) is 9.76. The van der Waals surface area contributed by atoms with Crippen molar-refractivity contribution >= 4 is 29.9 Å². The van der Waals surface area contributed by atoms with E-state index in [1.807, 2.05) is 6.21 Å². The second-order valence-electron chi connectivity index (χ2n) is 4.31. The number of fused-ring (bicyclic) bond motifs is 1. The van der Waals surface area contributed by atoms with Crippen LogP contribution in [0, 0.1) is 11.3 Å². The number of hydrogen-bond acceptors (Lipinski definition) is 3. The van der Waals surface area contributed by atoms with E-state index >= 15 is 0 Å². The van der Waals surface area contributed by atoms with Gasteiger partial charge in [-0.15, -0.1) is 0 Å². The summed E-state index contributed by atoms with van der Waals surface area (Å²) < 4.78 is 0. The van der Waals surface area contributed by atoms with Crippen LogP contribution in [0.2, 0.25) is 0 Å². The van der Waals surface area contributed by atoms with Gasteiger partial charge in [0, 0.05) is 12.1 Å². The van der Waals surface area contributed by atoms with Crippen LogP contribution in [0.25, 0.3) is 0 Å². The Morgan fingerprint density at radius 2 is 2.21 bits per heavy atom. The van der Waals surface area contributed by atoms with E-state index in [-0.39, 0.29) is 0 Å². The smallest absolute Gasteiger partial charge is 0.156 e. The summed E-state index contributed by atoms with van der Waals surface area (Å²) in [6.07, 6.45) is 5.98. The van der Waals surface area contributed by atoms with Gasteiger partial charge < -0.3 is 0 Å². The summed E-state index contributed by atoms with van der Waals surface area (Å²) in [5, 5.41) is 0.470. The van der Waals surface area contributed by atoms with E-state index in [1.54, 1.807) is 6.34 Å². The first kappa shape index (κ1) is 8.36. The Bertz CT molecular complexity index is 413. The van der Waals surface area contributed by atoms with Gasteiger partial charge >= 0.3 is 0 Å². The molecule has 0 aromatic rings. The molecule has 0 spiro atoms. The van der Waals surface area contributed by atoms with E-state index in [2.05, 4.69) is 21.9 Å². The minimum Gasteiger partial charge on any atom is -0.246 e. The molecule has 1 saturated carbocycles. The third-order valence-corrected chi connectivity index (χ3v) is 3.52. The summed E-state index contributed by atoms with van der Waals surface area (Å²) in [7, 11) is 0. The molecule has 1 aliphatic carbocycles. The molecule has 1 fully saturated rings. The van der Waals surface area contributed by atoms with Crippen molar-refractivity contribution in [3.05, 3.63) is 10.9 Å². The number of allylic oxidation sites excluding steroid dienone is 1. The Hall–Kier alpha value is -0.960. The van der Waals surface area contributed by atoms with E-state index in [9.17, 15) is 0 Å². The summed E-state index contributed by atoms with van der Waals surface area (Å²) in [4.78, 5) is 12.6. The first-order valence-corrected chi connectivity index (χ1v) is 5.13. The molecule has 2 aliphatic heterocycles. The Morgan fingerprint density at radius 3 is 2.93 bits per heavy atom. The van der Waals surface area contributed by atoms with Crippen LogP contribution in [0.5, 0.6) is 0 Å². The van der Waals surface area contributed by atoms with Crippen molar-refractivity contribution in [1.82, 2.24) is 0 Å². The van der Waals surface area contributed by atoms with E-state index in [1.165, 1.54) is 12.8 Å². The molecule has 3 rings (SSSR count). The van der Waals surface area contributed by atoms with Crippen LogP contribution in [0.3, 0.4) is 0 Å². The fourth-order valence-corrected chi connectivity index (χ4v) is 2.15. The topological polar surface area (TPSA) is 37.1 Å². The summed E-state index contributed by atoms with van der Waals surface area (Å²) in [6, 6.07) is 0. The molecular formula is C10H10ClN3. The maximum absolute atomic E-state index is 5.94. The van der Waals surface area contributed by atoms with E-state index in [0.717, 1.165) is 11.4 Å². The monoisotopic (exact) mass is 207 g/mol. The van der Waals surface area contributed by atoms with Gasteiger partial charge in [-0.1, -0.05) is 18.5 Å². The lowest BCUT2D eigenvalue weighted by Gasteiger charge is -2.22. The van der Waals surface area contributed by atoms with Gasteiger partial charge in [-0.2, -0.15) is 0 Å². The largest absolute Gasteiger partial charge is 0.246 e. The van der Waals surface area contributed by atoms with Crippen molar-refractivity contribution in [3.63, 3.8) is 0 Å². The van der Waals surface area contributed by atoms with Gasteiger partial charge in [0.15, 0.2) is 5.16 Å². The zero-order valence-electron chi connectivity index (χ0n) is 7.87. The second kappa shape index (κ2) is 2.54. The SMILES string of the molecule is CC1(C2C=NC(Cl)=C3N=CN=C32)CC1. The molecule has 0 N–H and O–H groups in total. The molecular weight excluding hydrogens is 198 g/mol. The summed E-state index contributed by atoms with van der Waals surface area (Å²) in [5.41, 5.74) is 2.12. The quantitative estimate of drug-likeness (QED) is 0.592. The van der Waals surface area contributed by atoms with Crippen LogP contribution in [0.4, 0.5) is 0 Å². The molecule has 1 unspecified atom stereocenters. The Balaban J connectivity index is 2.04. The molecule has 1 atom stereocenters. The zero-order valence-corrected chi connectivity index (χ0v) is 8.62. The normalized spacial score (nSPS) is 31.9. The van der Waals surface area contributed by atoms with Crippen LogP contribution in [0.1, 0.15) is 19.8 Å². The maximum atomic E-state index is 5.94. The first-order valence-electron chi connectivity index (χ1n) is 4.75. The lowest BCUT2D eigenvalue weighted by Crippen LogP contribution is -2.27. The molecule has 3 aliphatic rings. The van der Waals surface area contributed by atoms with Gasteiger partial charge in [0.05, 0.1) is 5.71 Å². The van der Waals surface area contributed by atoms with Crippen LogP contribution < -0.4 is 0 Å².